The van der Waals surface area contributed by atoms with Crippen molar-refractivity contribution >= 4 is 17.2 Å². The number of nitrogens with zero attached hydrogens (tertiary/aromatic N) is 2. The molecule has 2 aromatic rings. The molecule has 0 unspecified atom stereocenters. The van der Waals surface area contributed by atoms with Crippen molar-refractivity contribution in [1.29, 1.82) is 0 Å². The Hall–Kier alpha value is -1.70. The molecule has 0 aromatic carbocycles. The van der Waals surface area contributed by atoms with Crippen molar-refractivity contribution in [2.75, 3.05) is 32.8 Å². The minimum atomic E-state index is 0.00300. The van der Waals surface area contributed by atoms with Gasteiger partial charge in [0.1, 0.15) is 5.76 Å². The standard InChI is InChI=1S/C17H23N3O3S/c1-12(10-20-5-7-22-8-6-20)18-16(21)9-14-11-24-17(19-14)15-4-3-13(2)23-15/h3-4,11-12H,5-10H2,1-2H3,(H,18,21)/t12-/m0/s1. The van der Waals surface area contributed by atoms with Gasteiger partial charge in [0.05, 0.1) is 25.3 Å². The van der Waals surface area contributed by atoms with E-state index in [-0.39, 0.29) is 11.9 Å². The van der Waals surface area contributed by atoms with Crippen molar-refractivity contribution in [2.45, 2.75) is 26.3 Å². The topological polar surface area (TPSA) is 67.6 Å². The summed E-state index contributed by atoms with van der Waals surface area (Å²) in [6.45, 7) is 8.19. The van der Waals surface area contributed by atoms with Gasteiger partial charge in [-0.2, -0.15) is 0 Å². The van der Waals surface area contributed by atoms with Crippen molar-refractivity contribution in [3.63, 3.8) is 0 Å². The fourth-order valence-electron chi connectivity index (χ4n) is 2.76. The third-order valence-electron chi connectivity index (χ3n) is 3.89. The number of furan rings is 1. The second kappa shape index (κ2) is 7.92. The van der Waals surface area contributed by atoms with E-state index in [0.717, 1.165) is 55.1 Å². The van der Waals surface area contributed by atoms with Gasteiger partial charge in [-0.05, 0) is 26.0 Å². The lowest BCUT2D eigenvalue weighted by Gasteiger charge is -2.29. The van der Waals surface area contributed by atoms with Crippen LogP contribution >= 0.6 is 11.3 Å². The van der Waals surface area contributed by atoms with Crippen molar-refractivity contribution in [3.05, 3.63) is 29.0 Å². The smallest absolute Gasteiger partial charge is 0.226 e. The van der Waals surface area contributed by atoms with Crippen molar-refractivity contribution < 1.29 is 13.9 Å². The van der Waals surface area contributed by atoms with E-state index >= 15 is 0 Å². The largest absolute Gasteiger partial charge is 0.459 e. The van der Waals surface area contributed by atoms with Crippen LogP contribution in [0.3, 0.4) is 0 Å². The van der Waals surface area contributed by atoms with Gasteiger partial charge in [-0.25, -0.2) is 4.98 Å². The summed E-state index contributed by atoms with van der Waals surface area (Å²) in [5.74, 6) is 1.62. The van der Waals surface area contributed by atoms with E-state index in [1.807, 2.05) is 31.4 Å². The Bertz CT molecular complexity index is 676. The molecule has 2 aromatic heterocycles. The maximum Gasteiger partial charge on any atom is 0.226 e. The molecule has 1 aliphatic rings. The molecule has 1 N–H and O–H groups in total. The van der Waals surface area contributed by atoms with E-state index in [1.165, 1.54) is 11.3 Å². The molecule has 0 radical (unpaired) electrons. The summed E-state index contributed by atoms with van der Waals surface area (Å²) < 4.78 is 10.9. The molecule has 1 amide bonds. The van der Waals surface area contributed by atoms with Gasteiger partial charge >= 0.3 is 0 Å². The molecule has 0 bridgehead atoms. The van der Waals surface area contributed by atoms with Gasteiger partial charge in [0, 0.05) is 31.1 Å². The molecule has 7 heteroatoms. The second-order valence-electron chi connectivity index (χ2n) is 6.11. The number of carbonyl (C=O) groups is 1. The zero-order valence-corrected chi connectivity index (χ0v) is 14.9. The summed E-state index contributed by atoms with van der Waals surface area (Å²) in [6, 6.07) is 3.93. The number of carbonyl (C=O) groups excluding carboxylic acids is 1. The fraction of sp³-hybridized carbons (Fsp3) is 0.529. The quantitative estimate of drug-likeness (QED) is 0.865. The van der Waals surface area contributed by atoms with Crippen molar-refractivity contribution in [3.8, 4) is 10.8 Å². The molecule has 6 nitrogen and oxygen atoms in total. The molecule has 3 heterocycles. The average molecular weight is 349 g/mol. The highest BCUT2D eigenvalue weighted by atomic mass is 32.1. The first-order valence-corrected chi connectivity index (χ1v) is 9.09. The number of hydrogen-bond donors (Lipinski definition) is 1. The molecule has 1 aliphatic heterocycles. The number of ether oxygens (including phenoxy) is 1. The van der Waals surface area contributed by atoms with E-state index in [2.05, 4.69) is 15.2 Å². The zero-order chi connectivity index (χ0) is 16.9. The first-order valence-electron chi connectivity index (χ1n) is 8.21. The number of morpholine rings is 1. The Morgan fingerprint density at radius 2 is 2.21 bits per heavy atom. The van der Waals surface area contributed by atoms with E-state index in [4.69, 9.17) is 9.15 Å². The molecule has 3 rings (SSSR count). The zero-order valence-electron chi connectivity index (χ0n) is 14.1. The number of nitrogens with one attached hydrogen (secondary N) is 1. The van der Waals surface area contributed by atoms with Crippen LogP contribution in [0.2, 0.25) is 0 Å². The van der Waals surface area contributed by atoms with Crippen LogP contribution in [-0.4, -0.2) is 54.7 Å². The minimum absolute atomic E-state index is 0.00300. The second-order valence-corrected chi connectivity index (χ2v) is 6.97. The fourth-order valence-corrected chi connectivity index (χ4v) is 3.54. The first kappa shape index (κ1) is 17.1. The predicted octanol–water partition coefficient (Wildman–Crippen LogP) is 2.09. The lowest BCUT2D eigenvalue weighted by Crippen LogP contribution is -2.46. The Balaban J connectivity index is 1.48. The maximum absolute atomic E-state index is 12.2. The Labute approximate surface area is 145 Å². The molecule has 24 heavy (non-hydrogen) atoms. The summed E-state index contributed by atoms with van der Waals surface area (Å²) in [4.78, 5) is 19.0. The van der Waals surface area contributed by atoms with Gasteiger partial charge in [-0.3, -0.25) is 9.69 Å². The summed E-state index contributed by atoms with van der Waals surface area (Å²) in [5, 5.41) is 5.78. The molecule has 1 atom stereocenters. The first-order chi connectivity index (χ1) is 11.6. The van der Waals surface area contributed by atoms with Crippen LogP contribution in [0.4, 0.5) is 0 Å². The summed E-state index contributed by atoms with van der Waals surface area (Å²) in [7, 11) is 0. The van der Waals surface area contributed by atoms with Gasteiger partial charge in [0.15, 0.2) is 10.8 Å². The highest BCUT2D eigenvalue weighted by molar-refractivity contribution is 7.13. The van der Waals surface area contributed by atoms with Gasteiger partial charge in [0.2, 0.25) is 5.91 Å². The van der Waals surface area contributed by atoms with Crippen LogP contribution in [0.5, 0.6) is 0 Å². The number of hydrogen-bond acceptors (Lipinski definition) is 6. The highest BCUT2D eigenvalue weighted by Gasteiger charge is 2.16. The number of amides is 1. The van der Waals surface area contributed by atoms with Crippen molar-refractivity contribution in [2.24, 2.45) is 0 Å². The van der Waals surface area contributed by atoms with Crippen LogP contribution in [-0.2, 0) is 16.0 Å². The number of aromatic nitrogens is 1. The molecule has 1 fully saturated rings. The SMILES string of the molecule is Cc1ccc(-c2nc(CC(=O)N[C@@H](C)CN3CCOCC3)cs2)o1. The molecule has 0 saturated carbocycles. The third-order valence-corrected chi connectivity index (χ3v) is 4.79. The number of aryl methyl sites for hydroxylation is 1. The van der Waals surface area contributed by atoms with Crippen LogP contribution in [0.15, 0.2) is 21.9 Å². The van der Waals surface area contributed by atoms with Gasteiger partial charge in [-0.1, -0.05) is 0 Å². The predicted molar refractivity (Wildman–Crippen MR) is 93.1 cm³/mol. The molecule has 1 saturated heterocycles. The summed E-state index contributed by atoms with van der Waals surface area (Å²) in [5.41, 5.74) is 0.778. The Morgan fingerprint density at radius 3 is 2.92 bits per heavy atom. The van der Waals surface area contributed by atoms with E-state index < -0.39 is 0 Å². The average Bonchev–Trinajstić information content (AvgIpc) is 3.17. The van der Waals surface area contributed by atoms with Crippen LogP contribution < -0.4 is 5.32 Å². The normalized spacial score (nSPS) is 16.9. The summed E-state index contributed by atoms with van der Waals surface area (Å²) >= 11 is 1.50. The van der Waals surface area contributed by atoms with E-state index in [0.29, 0.717) is 6.42 Å². The van der Waals surface area contributed by atoms with Crippen LogP contribution in [0, 0.1) is 6.92 Å². The number of rotatable bonds is 6. The molecular weight excluding hydrogens is 326 g/mol. The minimum Gasteiger partial charge on any atom is -0.459 e. The van der Waals surface area contributed by atoms with Crippen LogP contribution in [0.1, 0.15) is 18.4 Å². The van der Waals surface area contributed by atoms with Crippen LogP contribution in [0.25, 0.3) is 10.8 Å². The monoisotopic (exact) mass is 349 g/mol. The van der Waals surface area contributed by atoms with Gasteiger partial charge in [0.25, 0.3) is 0 Å². The number of thiazole rings is 1. The highest BCUT2D eigenvalue weighted by Crippen LogP contribution is 2.25. The molecule has 0 spiro atoms. The van der Waals surface area contributed by atoms with Gasteiger partial charge < -0.3 is 14.5 Å². The lowest BCUT2D eigenvalue weighted by molar-refractivity contribution is -0.121. The Morgan fingerprint density at radius 1 is 1.42 bits per heavy atom. The third kappa shape index (κ3) is 4.66. The molecule has 130 valence electrons. The van der Waals surface area contributed by atoms with Gasteiger partial charge in [-0.15, -0.1) is 11.3 Å². The van der Waals surface area contributed by atoms with E-state index in [9.17, 15) is 4.79 Å². The molecular formula is C17H23N3O3S. The summed E-state index contributed by atoms with van der Waals surface area (Å²) in [6.07, 6.45) is 0.295. The maximum atomic E-state index is 12.2. The van der Waals surface area contributed by atoms with Crippen molar-refractivity contribution in [1.82, 2.24) is 15.2 Å². The molecule has 0 aliphatic carbocycles. The van der Waals surface area contributed by atoms with E-state index in [1.54, 1.807) is 0 Å². The lowest BCUT2D eigenvalue weighted by atomic mass is 10.2. The Kier molecular flexibility index (Phi) is 5.65.